The second-order valence-corrected chi connectivity index (χ2v) is 2.97. The molecule has 0 saturated heterocycles. The number of nitrogens with one attached hydrogen (secondary N) is 1. The minimum atomic E-state index is -1.01. The zero-order chi connectivity index (χ0) is 10.8. The molecule has 0 bridgehead atoms. The van der Waals surface area contributed by atoms with Gasteiger partial charge < -0.3 is 10.4 Å². The van der Waals surface area contributed by atoms with Crippen molar-refractivity contribution >= 4 is 11.9 Å². The van der Waals surface area contributed by atoms with E-state index < -0.39 is 5.97 Å². The molecule has 1 amide bonds. The Morgan fingerprint density at radius 3 is 2.50 bits per heavy atom. The van der Waals surface area contributed by atoms with E-state index in [1.807, 2.05) is 12.2 Å². The number of carboxylic acids is 1. The van der Waals surface area contributed by atoms with Crippen LogP contribution in [0.5, 0.6) is 0 Å². The first-order chi connectivity index (χ1) is 6.66. The average Bonchev–Trinajstić information content (AvgIpc) is 2.14. The molecule has 0 aliphatic rings. The summed E-state index contributed by atoms with van der Waals surface area (Å²) in [5.41, 5.74) is 0. The van der Waals surface area contributed by atoms with Crippen LogP contribution in [0.1, 0.15) is 32.6 Å². The predicted molar refractivity (Wildman–Crippen MR) is 53.9 cm³/mol. The molecular weight excluding hydrogens is 182 g/mol. The highest BCUT2D eigenvalue weighted by Crippen LogP contribution is 1.94. The summed E-state index contributed by atoms with van der Waals surface area (Å²) in [4.78, 5) is 21.1. The molecule has 80 valence electrons. The lowest BCUT2D eigenvalue weighted by molar-refractivity contribution is -0.137. The van der Waals surface area contributed by atoms with Gasteiger partial charge >= 0.3 is 5.97 Å². The number of hydrogen-bond acceptors (Lipinski definition) is 2. The quantitative estimate of drug-likeness (QED) is 0.608. The molecule has 0 aromatic carbocycles. The third-order valence-electron chi connectivity index (χ3n) is 1.60. The monoisotopic (exact) mass is 199 g/mol. The lowest BCUT2D eigenvalue weighted by Gasteiger charge is -1.99. The molecule has 4 heteroatoms. The Morgan fingerprint density at radius 2 is 1.93 bits per heavy atom. The van der Waals surface area contributed by atoms with Crippen molar-refractivity contribution in [2.24, 2.45) is 0 Å². The molecule has 0 saturated carbocycles. The summed E-state index contributed by atoms with van der Waals surface area (Å²) in [6, 6.07) is 0. The number of allylic oxidation sites excluding steroid dienone is 2. The van der Waals surface area contributed by atoms with Crippen LogP contribution >= 0.6 is 0 Å². The Kier molecular flexibility index (Phi) is 7.50. The lowest BCUT2D eigenvalue weighted by Crippen LogP contribution is -2.28. The molecule has 0 radical (unpaired) electrons. The zero-order valence-electron chi connectivity index (χ0n) is 8.45. The van der Waals surface area contributed by atoms with Gasteiger partial charge in [0.05, 0.1) is 0 Å². The fraction of sp³-hybridized carbons (Fsp3) is 0.600. The lowest BCUT2D eigenvalue weighted by atomic mass is 10.2. The van der Waals surface area contributed by atoms with Crippen LogP contribution in [-0.4, -0.2) is 23.5 Å². The summed E-state index contributed by atoms with van der Waals surface area (Å²) in [6.45, 7) is 1.79. The molecule has 0 aliphatic carbocycles. The average molecular weight is 199 g/mol. The van der Waals surface area contributed by atoms with Crippen molar-refractivity contribution in [3.05, 3.63) is 12.2 Å². The first-order valence-electron chi connectivity index (χ1n) is 4.80. The van der Waals surface area contributed by atoms with E-state index in [1.165, 1.54) is 0 Å². The van der Waals surface area contributed by atoms with Crippen LogP contribution < -0.4 is 5.32 Å². The highest BCUT2D eigenvalue weighted by Gasteiger charge is 2.01. The standard InChI is InChI=1S/C10H17NO3/c1-2-3-4-5-6-7-9(12)11-8-10(13)14/h4-5H,2-3,6-8H2,1H3,(H,11,12)(H,13,14)/b5-4+. The van der Waals surface area contributed by atoms with E-state index in [0.717, 1.165) is 12.8 Å². The second-order valence-electron chi connectivity index (χ2n) is 2.97. The number of unbranched alkanes of at least 4 members (excludes halogenated alkanes) is 1. The van der Waals surface area contributed by atoms with Crippen LogP contribution in [0.2, 0.25) is 0 Å². The molecule has 0 aliphatic heterocycles. The van der Waals surface area contributed by atoms with Gasteiger partial charge in [-0.25, -0.2) is 0 Å². The van der Waals surface area contributed by atoms with Gasteiger partial charge in [-0.1, -0.05) is 25.5 Å². The molecule has 2 N–H and O–H groups in total. The number of rotatable bonds is 7. The molecule has 0 atom stereocenters. The summed E-state index contributed by atoms with van der Waals surface area (Å²) >= 11 is 0. The Balaban J connectivity index is 3.40. The molecule has 0 rings (SSSR count). The van der Waals surface area contributed by atoms with Crippen molar-refractivity contribution in [2.75, 3.05) is 6.54 Å². The maximum Gasteiger partial charge on any atom is 0.322 e. The summed E-state index contributed by atoms with van der Waals surface area (Å²) in [7, 11) is 0. The molecule has 0 heterocycles. The van der Waals surface area contributed by atoms with Gasteiger partial charge in [-0.2, -0.15) is 0 Å². The first kappa shape index (κ1) is 12.7. The maximum atomic E-state index is 11.0. The number of amides is 1. The minimum Gasteiger partial charge on any atom is -0.480 e. The van der Waals surface area contributed by atoms with Crippen molar-refractivity contribution < 1.29 is 14.7 Å². The Bertz CT molecular complexity index is 211. The first-order valence-corrected chi connectivity index (χ1v) is 4.80. The smallest absolute Gasteiger partial charge is 0.322 e. The number of carbonyl (C=O) groups is 2. The van der Waals surface area contributed by atoms with Gasteiger partial charge in [0.25, 0.3) is 0 Å². The SMILES string of the molecule is CCC/C=C/CCC(=O)NCC(=O)O. The summed E-state index contributed by atoms with van der Waals surface area (Å²) < 4.78 is 0. The molecule has 4 nitrogen and oxygen atoms in total. The van der Waals surface area contributed by atoms with E-state index in [9.17, 15) is 9.59 Å². The van der Waals surface area contributed by atoms with E-state index in [2.05, 4.69) is 12.2 Å². The van der Waals surface area contributed by atoms with Crippen LogP contribution in [0, 0.1) is 0 Å². The largest absolute Gasteiger partial charge is 0.480 e. The van der Waals surface area contributed by atoms with Gasteiger partial charge in [-0.15, -0.1) is 0 Å². The topological polar surface area (TPSA) is 66.4 Å². The molecule has 0 aromatic heterocycles. The van der Waals surface area contributed by atoms with E-state index >= 15 is 0 Å². The van der Waals surface area contributed by atoms with Crippen LogP contribution in [0.4, 0.5) is 0 Å². The highest BCUT2D eigenvalue weighted by molar-refractivity contribution is 5.81. The molecule has 14 heavy (non-hydrogen) atoms. The molecule has 0 aromatic rings. The number of hydrogen-bond donors (Lipinski definition) is 2. The Hall–Kier alpha value is -1.32. The third-order valence-corrected chi connectivity index (χ3v) is 1.60. The van der Waals surface area contributed by atoms with E-state index in [-0.39, 0.29) is 12.5 Å². The molecule has 0 spiro atoms. The normalized spacial score (nSPS) is 10.4. The van der Waals surface area contributed by atoms with Crippen molar-refractivity contribution in [1.82, 2.24) is 5.32 Å². The number of aliphatic carboxylic acids is 1. The number of carboxylic acid groups (broad SMARTS) is 1. The van der Waals surface area contributed by atoms with Crippen LogP contribution in [0.25, 0.3) is 0 Å². The van der Waals surface area contributed by atoms with Gasteiger partial charge in [0.2, 0.25) is 5.91 Å². The van der Waals surface area contributed by atoms with Crippen molar-refractivity contribution in [1.29, 1.82) is 0 Å². The molecule has 0 unspecified atom stereocenters. The maximum absolute atomic E-state index is 11.0. The van der Waals surface area contributed by atoms with E-state index in [4.69, 9.17) is 5.11 Å². The van der Waals surface area contributed by atoms with Gasteiger partial charge in [0.15, 0.2) is 0 Å². The summed E-state index contributed by atoms with van der Waals surface area (Å²) in [5.74, 6) is -1.23. The summed E-state index contributed by atoms with van der Waals surface area (Å²) in [6.07, 6.45) is 7.13. The van der Waals surface area contributed by atoms with Gasteiger partial charge in [0.1, 0.15) is 6.54 Å². The predicted octanol–water partition coefficient (Wildman–Crippen LogP) is 1.32. The fourth-order valence-corrected chi connectivity index (χ4v) is 0.879. The molecule has 0 fully saturated rings. The van der Waals surface area contributed by atoms with Crippen LogP contribution in [0.3, 0.4) is 0 Å². The van der Waals surface area contributed by atoms with E-state index in [1.54, 1.807) is 0 Å². The van der Waals surface area contributed by atoms with Gasteiger partial charge in [-0.05, 0) is 12.8 Å². The van der Waals surface area contributed by atoms with E-state index in [0.29, 0.717) is 12.8 Å². The second kappa shape index (κ2) is 8.29. The summed E-state index contributed by atoms with van der Waals surface area (Å²) in [5, 5.41) is 10.6. The van der Waals surface area contributed by atoms with Crippen LogP contribution in [0.15, 0.2) is 12.2 Å². The fourth-order valence-electron chi connectivity index (χ4n) is 0.879. The Labute approximate surface area is 84.0 Å². The highest BCUT2D eigenvalue weighted by atomic mass is 16.4. The number of carbonyl (C=O) groups excluding carboxylic acids is 1. The minimum absolute atomic E-state index is 0.214. The van der Waals surface area contributed by atoms with Gasteiger partial charge in [-0.3, -0.25) is 9.59 Å². The molecular formula is C10H17NO3. The van der Waals surface area contributed by atoms with Crippen molar-refractivity contribution in [3.63, 3.8) is 0 Å². The third kappa shape index (κ3) is 8.77. The van der Waals surface area contributed by atoms with Crippen molar-refractivity contribution in [3.8, 4) is 0 Å². The van der Waals surface area contributed by atoms with Gasteiger partial charge in [0, 0.05) is 6.42 Å². The zero-order valence-corrected chi connectivity index (χ0v) is 8.45. The Morgan fingerprint density at radius 1 is 1.29 bits per heavy atom. The van der Waals surface area contributed by atoms with Crippen LogP contribution in [-0.2, 0) is 9.59 Å². The van der Waals surface area contributed by atoms with Crippen molar-refractivity contribution in [2.45, 2.75) is 32.6 Å².